The molecule has 0 radical (unpaired) electrons. The summed E-state index contributed by atoms with van der Waals surface area (Å²) < 4.78 is 7.65. The molecule has 0 saturated carbocycles. The molecule has 0 bridgehead atoms. The maximum atomic E-state index is 11.9. The molecular weight excluding hydrogens is 350 g/mol. The highest BCUT2D eigenvalue weighted by molar-refractivity contribution is 6.30. The molecule has 6 heteroatoms. The van der Waals surface area contributed by atoms with Crippen LogP contribution in [0.25, 0.3) is 11.0 Å². The summed E-state index contributed by atoms with van der Waals surface area (Å²) >= 11 is 5.82. The average molecular weight is 372 g/mol. The van der Waals surface area contributed by atoms with Crippen molar-refractivity contribution in [3.8, 4) is 5.75 Å². The largest absolute Gasteiger partial charge is 0.484 e. The fourth-order valence-electron chi connectivity index (χ4n) is 2.87. The van der Waals surface area contributed by atoms with Gasteiger partial charge >= 0.3 is 0 Å². The lowest BCUT2D eigenvalue weighted by Gasteiger charge is -2.08. The van der Waals surface area contributed by atoms with E-state index in [0.717, 1.165) is 36.2 Å². The van der Waals surface area contributed by atoms with Gasteiger partial charge in [0, 0.05) is 24.5 Å². The maximum absolute atomic E-state index is 11.9. The molecule has 0 atom stereocenters. The minimum Gasteiger partial charge on any atom is -0.484 e. The number of hydrogen-bond donors (Lipinski definition) is 1. The zero-order chi connectivity index (χ0) is 18.4. The molecule has 1 heterocycles. The third-order valence-corrected chi connectivity index (χ3v) is 4.38. The Kier molecular flexibility index (Phi) is 6.12. The number of aryl methyl sites for hydroxylation is 2. The Hall–Kier alpha value is -2.53. The second-order valence-corrected chi connectivity index (χ2v) is 6.39. The lowest BCUT2D eigenvalue weighted by atomic mass is 10.3. The van der Waals surface area contributed by atoms with E-state index in [1.165, 1.54) is 0 Å². The zero-order valence-corrected chi connectivity index (χ0v) is 15.5. The van der Waals surface area contributed by atoms with Gasteiger partial charge in [0.1, 0.15) is 11.6 Å². The Balaban J connectivity index is 1.44. The van der Waals surface area contributed by atoms with Crippen molar-refractivity contribution in [2.45, 2.75) is 26.3 Å². The molecule has 5 nitrogen and oxygen atoms in total. The number of carbonyl (C=O) groups excluding carboxylic acids is 1. The molecule has 3 aromatic rings. The highest BCUT2D eigenvalue weighted by atomic mass is 35.5. The van der Waals surface area contributed by atoms with Crippen LogP contribution in [0.2, 0.25) is 5.02 Å². The van der Waals surface area contributed by atoms with E-state index in [-0.39, 0.29) is 12.5 Å². The molecule has 0 fully saturated rings. The summed E-state index contributed by atoms with van der Waals surface area (Å²) in [5.74, 6) is 1.55. The van der Waals surface area contributed by atoms with Crippen LogP contribution in [0.5, 0.6) is 5.75 Å². The molecule has 136 valence electrons. The number of halogens is 1. The van der Waals surface area contributed by atoms with E-state index in [0.29, 0.717) is 17.3 Å². The summed E-state index contributed by atoms with van der Waals surface area (Å²) in [6, 6.07) is 15.1. The fourth-order valence-corrected chi connectivity index (χ4v) is 3.00. The number of nitrogens with zero attached hydrogens (tertiary/aromatic N) is 2. The molecule has 0 aliphatic heterocycles. The van der Waals surface area contributed by atoms with Crippen LogP contribution >= 0.6 is 11.6 Å². The summed E-state index contributed by atoms with van der Waals surface area (Å²) in [6.07, 6.45) is 1.65. The number of para-hydroxylation sites is 2. The van der Waals surface area contributed by atoms with Crippen LogP contribution in [-0.2, 0) is 17.8 Å². The van der Waals surface area contributed by atoms with Crippen molar-refractivity contribution in [1.82, 2.24) is 14.9 Å². The quantitative estimate of drug-likeness (QED) is 0.612. The number of fused-ring (bicyclic) bond motifs is 1. The van der Waals surface area contributed by atoms with Crippen molar-refractivity contribution >= 4 is 28.5 Å². The molecule has 1 N–H and O–H groups in total. The molecule has 1 aromatic heterocycles. The topological polar surface area (TPSA) is 56.2 Å². The average Bonchev–Trinajstić information content (AvgIpc) is 3.02. The first kappa shape index (κ1) is 18.3. The summed E-state index contributed by atoms with van der Waals surface area (Å²) in [4.78, 5) is 16.6. The molecule has 26 heavy (non-hydrogen) atoms. The second-order valence-electron chi connectivity index (χ2n) is 5.96. The maximum Gasteiger partial charge on any atom is 0.257 e. The van der Waals surface area contributed by atoms with E-state index in [2.05, 4.69) is 22.9 Å². The van der Waals surface area contributed by atoms with Gasteiger partial charge in [0.2, 0.25) is 0 Å². The van der Waals surface area contributed by atoms with Crippen molar-refractivity contribution in [3.63, 3.8) is 0 Å². The summed E-state index contributed by atoms with van der Waals surface area (Å²) in [5, 5.41) is 3.52. The molecule has 0 aliphatic carbocycles. The molecule has 1 amide bonds. The molecule has 3 rings (SSSR count). The van der Waals surface area contributed by atoms with Gasteiger partial charge in [-0.3, -0.25) is 4.79 Å². The minimum atomic E-state index is -0.135. The van der Waals surface area contributed by atoms with Gasteiger partial charge in [-0.1, -0.05) is 23.7 Å². The highest BCUT2D eigenvalue weighted by Crippen LogP contribution is 2.17. The number of rotatable bonds is 8. The smallest absolute Gasteiger partial charge is 0.257 e. The summed E-state index contributed by atoms with van der Waals surface area (Å²) in [5.41, 5.74) is 2.18. The Morgan fingerprint density at radius 2 is 1.96 bits per heavy atom. The highest BCUT2D eigenvalue weighted by Gasteiger charge is 2.09. The van der Waals surface area contributed by atoms with Gasteiger partial charge in [-0.25, -0.2) is 4.98 Å². The van der Waals surface area contributed by atoms with Gasteiger partial charge in [-0.05, 0) is 49.7 Å². The molecular formula is C20H22ClN3O2. The monoisotopic (exact) mass is 371 g/mol. The van der Waals surface area contributed by atoms with Crippen LogP contribution in [0.15, 0.2) is 48.5 Å². The van der Waals surface area contributed by atoms with E-state index in [1.54, 1.807) is 24.3 Å². The first-order chi connectivity index (χ1) is 12.7. The van der Waals surface area contributed by atoms with Crippen molar-refractivity contribution in [3.05, 3.63) is 59.4 Å². The first-order valence-electron chi connectivity index (χ1n) is 8.76. The number of nitrogens with one attached hydrogen (secondary N) is 1. The number of amides is 1. The second kappa shape index (κ2) is 8.72. The van der Waals surface area contributed by atoms with E-state index in [4.69, 9.17) is 21.3 Å². The minimum absolute atomic E-state index is 0.00486. The summed E-state index contributed by atoms with van der Waals surface area (Å²) in [7, 11) is 0. The van der Waals surface area contributed by atoms with E-state index < -0.39 is 0 Å². The number of carbonyl (C=O) groups is 1. The molecule has 0 aliphatic rings. The Morgan fingerprint density at radius 3 is 2.73 bits per heavy atom. The number of hydrogen-bond acceptors (Lipinski definition) is 3. The molecule has 0 saturated heterocycles. The van der Waals surface area contributed by atoms with Gasteiger partial charge in [0.05, 0.1) is 11.0 Å². The van der Waals surface area contributed by atoms with Crippen molar-refractivity contribution in [2.24, 2.45) is 0 Å². The predicted molar refractivity (Wildman–Crippen MR) is 104 cm³/mol. The molecule has 2 aromatic carbocycles. The number of benzene rings is 2. The normalized spacial score (nSPS) is 10.8. The Bertz CT molecular complexity index is 874. The third-order valence-electron chi connectivity index (χ3n) is 4.13. The molecule has 0 unspecified atom stereocenters. The van der Waals surface area contributed by atoms with Gasteiger partial charge in [-0.15, -0.1) is 0 Å². The van der Waals surface area contributed by atoms with E-state index in [9.17, 15) is 4.79 Å². The third kappa shape index (κ3) is 4.55. The number of imidazole rings is 1. The van der Waals surface area contributed by atoms with Gasteiger partial charge < -0.3 is 14.6 Å². The van der Waals surface area contributed by atoms with Crippen LogP contribution in [0.3, 0.4) is 0 Å². The van der Waals surface area contributed by atoms with Crippen LogP contribution in [0, 0.1) is 0 Å². The predicted octanol–water partition coefficient (Wildman–Crippen LogP) is 3.84. The van der Waals surface area contributed by atoms with Crippen molar-refractivity contribution in [2.75, 3.05) is 13.2 Å². The lowest BCUT2D eigenvalue weighted by molar-refractivity contribution is -0.123. The lowest BCUT2D eigenvalue weighted by Crippen LogP contribution is -2.30. The number of ether oxygens (including phenoxy) is 1. The van der Waals surface area contributed by atoms with Crippen molar-refractivity contribution in [1.29, 1.82) is 0 Å². The van der Waals surface area contributed by atoms with Crippen molar-refractivity contribution < 1.29 is 9.53 Å². The Morgan fingerprint density at radius 1 is 1.19 bits per heavy atom. The van der Waals surface area contributed by atoms with E-state index >= 15 is 0 Å². The van der Waals surface area contributed by atoms with E-state index in [1.807, 2.05) is 18.2 Å². The van der Waals surface area contributed by atoms with Gasteiger partial charge in [0.25, 0.3) is 5.91 Å². The zero-order valence-electron chi connectivity index (χ0n) is 14.7. The van der Waals surface area contributed by atoms with Crippen LogP contribution < -0.4 is 10.1 Å². The van der Waals surface area contributed by atoms with Gasteiger partial charge in [-0.2, -0.15) is 0 Å². The molecule has 0 spiro atoms. The fraction of sp³-hybridized carbons (Fsp3) is 0.300. The first-order valence-corrected chi connectivity index (χ1v) is 9.14. The van der Waals surface area contributed by atoms with Gasteiger partial charge in [0.15, 0.2) is 6.61 Å². The van der Waals surface area contributed by atoms with Crippen LogP contribution in [0.1, 0.15) is 19.2 Å². The number of aromatic nitrogens is 2. The van der Waals surface area contributed by atoms with Crippen LogP contribution in [0.4, 0.5) is 0 Å². The Labute approximate surface area is 157 Å². The van der Waals surface area contributed by atoms with Crippen LogP contribution in [-0.4, -0.2) is 28.6 Å². The summed E-state index contributed by atoms with van der Waals surface area (Å²) in [6.45, 7) is 3.59. The standard InChI is InChI=1S/C20H22ClN3O2/c1-2-24-18-7-4-3-6-17(18)23-19(24)8-5-13-22-20(25)14-26-16-11-9-15(21)10-12-16/h3-4,6-7,9-12H,2,5,8,13-14H2,1H3,(H,22,25). The SMILES string of the molecule is CCn1c(CCCNC(=O)COc2ccc(Cl)cc2)nc2ccccc21.